The summed E-state index contributed by atoms with van der Waals surface area (Å²) in [6.07, 6.45) is 0.639. The Bertz CT molecular complexity index is 932. The van der Waals surface area contributed by atoms with Crippen LogP contribution in [-0.4, -0.2) is 46.4 Å². The van der Waals surface area contributed by atoms with Crippen LogP contribution in [0.2, 0.25) is 0 Å². The van der Waals surface area contributed by atoms with E-state index in [1.54, 1.807) is 37.3 Å². The second-order valence-electron chi connectivity index (χ2n) is 6.99. The van der Waals surface area contributed by atoms with E-state index in [-0.39, 0.29) is 18.8 Å². The van der Waals surface area contributed by atoms with Crippen LogP contribution >= 0.6 is 0 Å². The van der Waals surface area contributed by atoms with E-state index >= 15 is 0 Å². The predicted molar refractivity (Wildman–Crippen MR) is 106 cm³/mol. The first-order valence-electron chi connectivity index (χ1n) is 9.79. The van der Waals surface area contributed by atoms with Crippen LogP contribution in [0.15, 0.2) is 34.9 Å². The molecule has 1 atom stereocenters. The number of nitrogens with zero attached hydrogens (tertiary/aromatic N) is 2. The average molecular weight is 413 g/mol. The van der Waals surface area contributed by atoms with E-state index in [0.29, 0.717) is 29.7 Å². The van der Waals surface area contributed by atoms with Crippen LogP contribution in [0.25, 0.3) is 0 Å². The first-order valence-corrected chi connectivity index (χ1v) is 9.79. The number of imide groups is 1. The largest absolute Gasteiger partial charge is 0.452 e. The van der Waals surface area contributed by atoms with Crippen molar-refractivity contribution < 1.29 is 28.4 Å². The summed E-state index contributed by atoms with van der Waals surface area (Å²) in [7, 11) is 0. The Balaban J connectivity index is 1.57. The van der Waals surface area contributed by atoms with Crippen LogP contribution in [0.5, 0.6) is 0 Å². The summed E-state index contributed by atoms with van der Waals surface area (Å²) < 4.78 is 10.2. The first-order chi connectivity index (χ1) is 14.4. The van der Waals surface area contributed by atoms with Crippen molar-refractivity contribution >= 4 is 29.5 Å². The predicted octanol–water partition coefficient (Wildman–Crippen LogP) is 2.71. The molecule has 1 aliphatic rings. The number of rotatable bonds is 9. The highest BCUT2D eigenvalue weighted by molar-refractivity contribution is 6.21. The molecule has 0 bridgehead atoms. The molecule has 3 rings (SSSR count). The molecule has 30 heavy (non-hydrogen) atoms. The van der Waals surface area contributed by atoms with Crippen molar-refractivity contribution in [2.75, 3.05) is 11.9 Å². The van der Waals surface area contributed by atoms with Crippen molar-refractivity contribution in [1.29, 1.82) is 0 Å². The zero-order chi connectivity index (χ0) is 21.7. The van der Waals surface area contributed by atoms with Gasteiger partial charge in [0.25, 0.3) is 17.7 Å². The fourth-order valence-electron chi connectivity index (χ4n) is 3.13. The average Bonchev–Trinajstić information content (AvgIpc) is 3.24. The standard InChI is InChI=1S/C21H23N3O6/c1-3-4-9-16(19(26)22-17-12-13(2)30-23-17)29-18(25)10-11-24-20(27)14-7-5-6-8-15(14)21(24)28/h5-8,12,16H,3-4,9-11H2,1-2H3,(H,22,23,26). The summed E-state index contributed by atoms with van der Waals surface area (Å²) in [6.45, 7) is 3.53. The maximum absolute atomic E-state index is 12.5. The summed E-state index contributed by atoms with van der Waals surface area (Å²) in [4.78, 5) is 50.6. The Labute approximate surface area is 173 Å². The summed E-state index contributed by atoms with van der Waals surface area (Å²) in [5.41, 5.74) is 0.637. The molecule has 0 saturated heterocycles. The summed E-state index contributed by atoms with van der Waals surface area (Å²) in [5.74, 6) is -1.28. The molecule has 158 valence electrons. The lowest BCUT2D eigenvalue weighted by Gasteiger charge is -2.18. The Morgan fingerprint density at radius 3 is 2.43 bits per heavy atom. The third-order valence-corrected chi connectivity index (χ3v) is 4.68. The number of esters is 1. The fourth-order valence-corrected chi connectivity index (χ4v) is 3.13. The van der Waals surface area contributed by atoms with Crippen LogP contribution in [0.3, 0.4) is 0 Å². The number of hydrogen-bond donors (Lipinski definition) is 1. The molecule has 1 aliphatic heterocycles. The number of anilines is 1. The zero-order valence-electron chi connectivity index (χ0n) is 16.8. The number of ether oxygens (including phenoxy) is 1. The minimum Gasteiger partial charge on any atom is -0.452 e. The number of benzene rings is 1. The van der Waals surface area contributed by atoms with Crippen molar-refractivity contribution in [1.82, 2.24) is 10.1 Å². The molecule has 3 amide bonds. The second-order valence-corrected chi connectivity index (χ2v) is 6.99. The monoisotopic (exact) mass is 413 g/mol. The van der Waals surface area contributed by atoms with E-state index in [1.165, 1.54) is 0 Å². The number of nitrogens with one attached hydrogen (secondary N) is 1. The van der Waals surface area contributed by atoms with Gasteiger partial charge in [0.1, 0.15) is 5.76 Å². The topological polar surface area (TPSA) is 119 Å². The lowest BCUT2D eigenvalue weighted by atomic mass is 10.1. The van der Waals surface area contributed by atoms with Gasteiger partial charge in [-0.1, -0.05) is 30.6 Å². The SMILES string of the molecule is CCCCC(OC(=O)CCN1C(=O)c2ccccc2C1=O)C(=O)Nc1cc(C)on1. The molecule has 1 aromatic heterocycles. The lowest BCUT2D eigenvalue weighted by molar-refractivity contribution is -0.154. The molecule has 1 N–H and O–H groups in total. The van der Waals surface area contributed by atoms with Crippen LogP contribution in [0, 0.1) is 6.92 Å². The normalized spacial score (nSPS) is 13.9. The van der Waals surface area contributed by atoms with Gasteiger partial charge in [-0.3, -0.25) is 24.1 Å². The second kappa shape index (κ2) is 9.34. The van der Waals surface area contributed by atoms with Crippen LogP contribution < -0.4 is 5.32 Å². The molecule has 0 aliphatic carbocycles. The van der Waals surface area contributed by atoms with E-state index < -0.39 is 29.8 Å². The quantitative estimate of drug-likeness (QED) is 0.496. The lowest BCUT2D eigenvalue weighted by Crippen LogP contribution is -2.35. The summed E-state index contributed by atoms with van der Waals surface area (Å²) >= 11 is 0. The van der Waals surface area contributed by atoms with Gasteiger partial charge in [0, 0.05) is 12.6 Å². The number of hydrogen-bond acceptors (Lipinski definition) is 7. The Kier molecular flexibility index (Phi) is 6.61. The maximum Gasteiger partial charge on any atom is 0.308 e. The van der Waals surface area contributed by atoms with Crippen molar-refractivity contribution in [3.8, 4) is 0 Å². The third kappa shape index (κ3) is 4.73. The van der Waals surface area contributed by atoms with Gasteiger partial charge in [0.2, 0.25) is 0 Å². The van der Waals surface area contributed by atoms with Gasteiger partial charge in [0.15, 0.2) is 11.9 Å². The minimum atomic E-state index is -1.00. The Morgan fingerprint density at radius 2 is 1.87 bits per heavy atom. The van der Waals surface area contributed by atoms with E-state index in [2.05, 4.69) is 10.5 Å². The number of fused-ring (bicyclic) bond motifs is 1. The smallest absolute Gasteiger partial charge is 0.308 e. The molecular formula is C21H23N3O6. The number of carbonyl (C=O) groups is 4. The van der Waals surface area contributed by atoms with Crippen molar-refractivity contribution in [3.05, 3.63) is 47.2 Å². The van der Waals surface area contributed by atoms with E-state index in [1.807, 2.05) is 6.92 Å². The van der Waals surface area contributed by atoms with Gasteiger partial charge in [-0.2, -0.15) is 0 Å². The summed E-state index contributed by atoms with van der Waals surface area (Å²) in [5, 5.41) is 6.25. The fraction of sp³-hybridized carbons (Fsp3) is 0.381. The highest BCUT2D eigenvalue weighted by Gasteiger charge is 2.35. The first kappa shape index (κ1) is 21.2. The van der Waals surface area contributed by atoms with Gasteiger partial charge in [-0.05, 0) is 31.9 Å². The van der Waals surface area contributed by atoms with Gasteiger partial charge in [-0.25, -0.2) is 0 Å². The van der Waals surface area contributed by atoms with Gasteiger partial charge in [0.05, 0.1) is 17.5 Å². The minimum absolute atomic E-state index is 0.115. The number of carbonyl (C=O) groups excluding carboxylic acids is 4. The Hall–Kier alpha value is -3.49. The molecule has 2 aromatic rings. The van der Waals surface area contributed by atoms with E-state index in [0.717, 1.165) is 11.3 Å². The number of aromatic nitrogens is 1. The van der Waals surface area contributed by atoms with Gasteiger partial charge in [-0.15, -0.1) is 0 Å². The van der Waals surface area contributed by atoms with E-state index in [9.17, 15) is 19.2 Å². The third-order valence-electron chi connectivity index (χ3n) is 4.68. The highest BCUT2D eigenvalue weighted by Crippen LogP contribution is 2.22. The number of unbranched alkanes of at least 4 members (excludes halogenated alkanes) is 1. The highest BCUT2D eigenvalue weighted by atomic mass is 16.5. The molecule has 2 heterocycles. The van der Waals surface area contributed by atoms with Crippen LogP contribution in [0.1, 0.15) is 59.1 Å². The maximum atomic E-state index is 12.5. The molecule has 9 nitrogen and oxygen atoms in total. The zero-order valence-corrected chi connectivity index (χ0v) is 16.8. The van der Waals surface area contributed by atoms with Crippen molar-refractivity contribution in [2.45, 2.75) is 45.6 Å². The van der Waals surface area contributed by atoms with Crippen LogP contribution in [0.4, 0.5) is 5.82 Å². The van der Waals surface area contributed by atoms with Gasteiger partial charge < -0.3 is 14.6 Å². The Morgan fingerprint density at radius 1 is 1.20 bits per heavy atom. The molecule has 9 heteroatoms. The van der Waals surface area contributed by atoms with Gasteiger partial charge >= 0.3 is 5.97 Å². The van der Waals surface area contributed by atoms with Crippen LogP contribution in [-0.2, 0) is 14.3 Å². The molecule has 0 radical (unpaired) electrons. The molecule has 0 fully saturated rings. The van der Waals surface area contributed by atoms with Crippen molar-refractivity contribution in [3.63, 3.8) is 0 Å². The molecule has 0 spiro atoms. The van der Waals surface area contributed by atoms with E-state index in [4.69, 9.17) is 9.26 Å². The molecule has 1 aromatic carbocycles. The molecule has 0 saturated carbocycles. The summed E-state index contributed by atoms with van der Waals surface area (Å²) in [6, 6.07) is 8.05. The molecular weight excluding hydrogens is 390 g/mol. The number of aryl methyl sites for hydroxylation is 1. The molecule has 1 unspecified atom stereocenters. The van der Waals surface area contributed by atoms with Crippen molar-refractivity contribution in [2.24, 2.45) is 0 Å². The number of amides is 3.